The van der Waals surface area contributed by atoms with Gasteiger partial charge in [-0.1, -0.05) is 0 Å². The summed E-state index contributed by atoms with van der Waals surface area (Å²) in [6.45, 7) is 0.0773. The quantitative estimate of drug-likeness (QED) is 0.0417. The van der Waals surface area contributed by atoms with Crippen molar-refractivity contribution in [3.8, 4) is 0 Å². The second-order valence-corrected chi connectivity index (χ2v) is 37.5. The summed E-state index contributed by atoms with van der Waals surface area (Å²) >= 11 is 25.7. The Morgan fingerprint density at radius 3 is 1.00 bits per heavy atom. The van der Waals surface area contributed by atoms with E-state index in [-0.39, 0.29) is 135 Å². The van der Waals surface area contributed by atoms with Gasteiger partial charge in [0.05, 0.1) is 0 Å². The van der Waals surface area contributed by atoms with Crippen molar-refractivity contribution in [2.24, 2.45) is 11.5 Å². The van der Waals surface area contributed by atoms with Crippen LogP contribution in [0.4, 0.5) is 0 Å². The maximum absolute atomic E-state index is 12.5. The first-order valence-corrected chi connectivity index (χ1v) is 37.7. The highest BCUT2D eigenvalue weighted by Crippen LogP contribution is 2.38. The molecule has 7 unspecified atom stereocenters. The summed E-state index contributed by atoms with van der Waals surface area (Å²) in [7, 11) is -39.2. The lowest BCUT2D eigenvalue weighted by molar-refractivity contribution is 0.0650. The molecule has 7 atom stereocenters. The normalized spacial score (nSPS) is 34.5. The van der Waals surface area contributed by atoms with Gasteiger partial charge in [-0.25, -0.2) is 0 Å². The van der Waals surface area contributed by atoms with E-state index in [1.165, 1.54) is 0 Å². The minimum Gasteiger partial charge on any atom is -0.391 e. The second kappa shape index (κ2) is 26.7. The fourth-order valence-electron chi connectivity index (χ4n) is 5.29. The number of hydrogen-bond acceptors (Lipinski definition) is 24. The van der Waals surface area contributed by atoms with Crippen molar-refractivity contribution in [2.45, 2.75) is 93.3 Å². The number of rotatable bonds is 25. The number of nitrogens with two attached hydrogens (primary N) is 2. The molecular formula is C23H64N2O16S6Si8. The van der Waals surface area contributed by atoms with Crippen LogP contribution in [0.15, 0.2) is 0 Å². The molecule has 55 heavy (non-hydrogen) atoms. The van der Waals surface area contributed by atoms with Gasteiger partial charge < -0.3 is 82.8 Å². The lowest BCUT2D eigenvalue weighted by Gasteiger charge is -2.46. The summed E-state index contributed by atoms with van der Waals surface area (Å²) in [6.07, 6.45) is 0.913. The molecule has 0 aliphatic carbocycles. The second-order valence-electron chi connectivity index (χ2n) is 12.9. The summed E-state index contributed by atoms with van der Waals surface area (Å²) in [6, 6.07) is -2.51. The Bertz CT molecular complexity index is 1100. The number of hydrogen-bond donors (Lipinski definition) is 16. The molecule has 12 N–H and O–H groups in total. The third-order valence-electron chi connectivity index (χ3n) is 7.62. The summed E-state index contributed by atoms with van der Waals surface area (Å²) in [5.41, 5.74) is 11.5. The highest BCUT2D eigenvalue weighted by molar-refractivity contribution is 7.81. The van der Waals surface area contributed by atoms with Crippen LogP contribution in [0, 0.1) is 0 Å². The van der Waals surface area contributed by atoms with E-state index < -0.39 is 76.5 Å². The largest absolute Gasteiger partial charge is 0.488 e. The van der Waals surface area contributed by atoms with Crippen LogP contribution >= 0.6 is 75.8 Å². The first kappa shape index (κ1) is 56.1. The van der Waals surface area contributed by atoms with Gasteiger partial charge in [-0.15, -0.1) is 0 Å². The van der Waals surface area contributed by atoms with Crippen molar-refractivity contribution in [3.05, 3.63) is 0 Å². The van der Waals surface area contributed by atoms with Crippen LogP contribution in [0.1, 0.15) is 44.9 Å². The molecule has 330 valence electrons. The van der Waals surface area contributed by atoms with E-state index in [1.807, 2.05) is 0 Å². The van der Waals surface area contributed by atoms with Gasteiger partial charge in [-0.3, -0.25) is 0 Å². The Labute approximate surface area is 367 Å². The van der Waals surface area contributed by atoms with Crippen LogP contribution in [0.25, 0.3) is 0 Å². The van der Waals surface area contributed by atoms with Gasteiger partial charge in [0.1, 0.15) is 0 Å². The van der Waals surface area contributed by atoms with E-state index >= 15 is 0 Å². The van der Waals surface area contributed by atoms with Crippen LogP contribution in [0.5, 0.6) is 0 Å². The highest BCUT2D eigenvalue weighted by Gasteiger charge is 2.66. The van der Waals surface area contributed by atoms with E-state index in [4.69, 9.17) is 44.4 Å². The van der Waals surface area contributed by atoms with Gasteiger partial charge in [-0.2, -0.15) is 75.8 Å². The molecule has 1 aliphatic heterocycles. The van der Waals surface area contributed by atoms with Gasteiger partial charge in [0, 0.05) is 48.4 Å². The molecule has 1 heterocycles. The fourth-order valence-corrected chi connectivity index (χ4v) is 40.4. The van der Waals surface area contributed by atoms with E-state index in [0.717, 1.165) is 0 Å². The predicted molar refractivity (Wildman–Crippen MR) is 244 cm³/mol. The van der Waals surface area contributed by atoms with E-state index in [9.17, 15) is 38.4 Å². The Kier molecular flexibility index (Phi) is 27.2. The molecule has 0 aromatic rings. The smallest absolute Gasteiger partial charge is 0.391 e. The van der Waals surface area contributed by atoms with E-state index in [1.54, 1.807) is 0 Å². The lowest BCUT2D eigenvalue weighted by Crippen LogP contribution is -2.72. The minimum absolute atomic E-state index is 0.0116. The van der Waals surface area contributed by atoms with Crippen molar-refractivity contribution in [2.75, 3.05) is 47.6 Å². The first-order chi connectivity index (χ1) is 25.6. The molecule has 32 heteroatoms. The van der Waals surface area contributed by atoms with E-state index in [0.29, 0.717) is 0 Å². The van der Waals surface area contributed by atoms with Gasteiger partial charge in [0.2, 0.25) is 0 Å². The molecule has 1 saturated heterocycles. The van der Waals surface area contributed by atoms with Crippen LogP contribution in [0.2, 0.25) is 48.4 Å². The molecule has 0 amide bonds. The molecule has 0 saturated carbocycles. The van der Waals surface area contributed by atoms with Crippen molar-refractivity contribution < 1.29 is 71.3 Å². The standard InChI is InChI=1S/C23H64N2O16S6Si8/c24-8-1-16-48(26,27)34-55(22-7-14-46)40-53(32,17-2-9-25)38-51(30,20-5-12-44)36-49(28,18-3-10-42)35-50(29,19-4-11-43)37-52(31,21-6-13-45)39-54(33,41-55)23-15-47/h26-33,42-47H,1-25H2. The van der Waals surface area contributed by atoms with Gasteiger partial charge in [0.15, 0.2) is 0 Å². The predicted octanol–water partition coefficient (Wildman–Crippen LogP) is -0.191. The Morgan fingerprint density at radius 2 is 0.691 bits per heavy atom. The highest BCUT2D eigenvalue weighted by atomic mass is 32.1. The topological polar surface area (TPSA) is 288 Å². The van der Waals surface area contributed by atoms with Gasteiger partial charge in [-0.05, 0) is 92.6 Å². The Balaban J connectivity index is 4.41. The monoisotopic (exact) mass is 1040 g/mol. The molecule has 1 fully saturated rings. The third kappa shape index (κ3) is 21.4. The van der Waals surface area contributed by atoms with E-state index in [2.05, 4.69) is 75.8 Å². The zero-order valence-corrected chi connectivity index (χ0v) is 44.3. The molecular weight excluding hydrogens is 977 g/mol. The van der Waals surface area contributed by atoms with Crippen LogP contribution in [-0.4, -0.2) is 156 Å². The zero-order valence-electron chi connectivity index (χ0n) is 30.9. The fraction of sp³-hybridized carbons (Fsp3) is 1.00. The number of thiol groups is 6. The average Bonchev–Trinajstić information content (AvgIpc) is 3.07. The molecule has 0 radical (unpaired) electrons. The molecule has 1 aliphatic rings. The molecule has 0 aromatic heterocycles. The maximum atomic E-state index is 12.5. The van der Waals surface area contributed by atoms with Crippen LogP contribution in [0.3, 0.4) is 0 Å². The van der Waals surface area contributed by atoms with Crippen molar-refractivity contribution in [3.63, 3.8) is 0 Å². The zero-order chi connectivity index (χ0) is 41.9. The maximum Gasteiger partial charge on any atom is 0.488 e. The average molecular weight is 1040 g/mol. The van der Waals surface area contributed by atoms with Crippen LogP contribution < -0.4 is 11.5 Å². The lowest BCUT2D eigenvalue weighted by atomic mass is 10.5. The SMILES string of the molecule is NCCC[Si](O)(O)O[Si]1(CCCS)O[Si](O)(CCS)O[Si](O)(CCCS)O[Si](O)(CCCS)O[Si](O)(CCCS)O[Si](O)(CCCS)O[Si](O)(CCCN)O1. The first-order valence-electron chi connectivity index (χ1n) is 18.1. The minimum atomic E-state index is -4.99. The van der Waals surface area contributed by atoms with Crippen molar-refractivity contribution in [1.29, 1.82) is 0 Å². The molecule has 0 bridgehead atoms. The molecule has 18 nitrogen and oxygen atoms in total. The molecule has 0 aromatic carbocycles. The van der Waals surface area contributed by atoms with Crippen molar-refractivity contribution >= 4 is 146 Å². The summed E-state index contributed by atoms with van der Waals surface area (Å²) < 4.78 is 49.5. The summed E-state index contributed by atoms with van der Waals surface area (Å²) in [5, 5.41) is 0. The summed E-state index contributed by atoms with van der Waals surface area (Å²) in [5.74, 6) is 0.965. The Hall–Kier alpha value is 3.12. The Morgan fingerprint density at radius 1 is 0.400 bits per heavy atom. The van der Waals surface area contributed by atoms with Crippen molar-refractivity contribution in [1.82, 2.24) is 0 Å². The molecule has 0 spiro atoms. The van der Waals surface area contributed by atoms with Crippen LogP contribution in [-0.2, 0) is 32.9 Å². The van der Waals surface area contributed by atoms with Gasteiger partial charge in [0.25, 0.3) is 0 Å². The molecule has 1 rings (SSSR count). The summed E-state index contributed by atoms with van der Waals surface area (Å²) in [4.78, 5) is 96.5. The third-order valence-corrected chi connectivity index (χ3v) is 38.0. The van der Waals surface area contributed by atoms with Gasteiger partial charge >= 0.3 is 70.4 Å².